The molecule has 0 aliphatic rings. The molecule has 0 spiro atoms. The number of amides is 2. The quantitative estimate of drug-likeness (QED) is 0.474. The van der Waals surface area contributed by atoms with E-state index in [1.54, 1.807) is 19.9 Å². The smallest absolute Gasteiger partial charge is 0.319 e. The summed E-state index contributed by atoms with van der Waals surface area (Å²) in [5, 5.41) is 15.4. The second-order valence-electron chi connectivity index (χ2n) is 7.60. The first-order valence-electron chi connectivity index (χ1n) is 10.6. The van der Waals surface area contributed by atoms with Crippen LogP contribution in [0.15, 0.2) is 65.6 Å². The predicted octanol–water partition coefficient (Wildman–Crippen LogP) is 3.88. The normalized spacial score (nSPS) is 11.5. The molecule has 0 aliphatic heterocycles. The first-order chi connectivity index (χ1) is 15.8. The van der Waals surface area contributed by atoms with Gasteiger partial charge in [0.25, 0.3) is 5.56 Å². The molecule has 1 aromatic heterocycles. The number of hydrogen-bond acceptors (Lipinski definition) is 5. The van der Waals surface area contributed by atoms with Gasteiger partial charge in [-0.25, -0.2) is 4.79 Å². The molecule has 0 saturated heterocycles. The van der Waals surface area contributed by atoms with Crippen molar-refractivity contribution in [2.45, 2.75) is 26.3 Å². The number of aromatic hydroxyl groups is 1. The summed E-state index contributed by atoms with van der Waals surface area (Å²) < 4.78 is 6.34. The van der Waals surface area contributed by atoms with Crippen LogP contribution in [0, 0.1) is 6.92 Å². The minimum atomic E-state index is -0.729. The van der Waals surface area contributed by atoms with Crippen molar-refractivity contribution in [3.05, 3.63) is 82.3 Å². The van der Waals surface area contributed by atoms with Gasteiger partial charge < -0.3 is 25.0 Å². The molecule has 2 aromatic carbocycles. The van der Waals surface area contributed by atoms with Crippen LogP contribution < -0.4 is 16.2 Å². The molecule has 2 amide bonds. The number of urea groups is 1. The van der Waals surface area contributed by atoms with Crippen molar-refractivity contribution in [2.24, 2.45) is 7.05 Å². The third-order valence-electron chi connectivity index (χ3n) is 5.15. The molecule has 8 heteroatoms. The number of nitrogens with one attached hydrogen (secondary N) is 2. The summed E-state index contributed by atoms with van der Waals surface area (Å²) in [7, 11) is 1.52. The fraction of sp³-hybridized carbons (Fsp3) is 0.240. The Morgan fingerprint density at radius 2 is 1.79 bits per heavy atom. The van der Waals surface area contributed by atoms with Gasteiger partial charge in [0.1, 0.15) is 5.75 Å². The summed E-state index contributed by atoms with van der Waals surface area (Å²) in [5.74, 6) is -0.775. The van der Waals surface area contributed by atoms with Crippen molar-refractivity contribution in [1.29, 1.82) is 0 Å². The molecular weight excluding hydrogens is 422 g/mol. The number of carbonyl (C=O) groups excluding carboxylic acids is 2. The van der Waals surface area contributed by atoms with Crippen LogP contribution in [0.4, 0.5) is 10.5 Å². The van der Waals surface area contributed by atoms with Gasteiger partial charge in [-0.05, 0) is 36.6 Å². The number of aryl methyl sites for hydroxylation is 2. The highest BCUT2D eigenvalue weighted by Crippen LogP contribution is 2.26. The number of aromatic nitrogens is 1. The third kappa shape index (κ3) is 5.79. The number of anilines is 1. The molecule has 0 aliphatic carbocycles. The Bertz CT molecular complexity index is 1200. The molecule has 8 nitrogen and oxygen atoms in total. The Hall–Kier alpha value is -4.07. The monoisotopic (exact) mass is 449 g/mol. The van der Waals surface area contributed by atoms with E-state index >= 15 is 0 Å². The molecule has 1 atom stereocenters. The SMILES string of the molecule is CCOC(=O)CC(NC(=O)Nc1c(O)c(C)cn(C)c1=O)c1cccc(-c2ccccc2)c1. The number of pyridine rings is 1. The third-order valence-corrected chi connectivity index (χ3v) is 5.15. The molecule has 0 fully saturated rings. The Kier molecular flexibility index (Phi) is 7.50. The maximum Gasteiger partial charge on any atom is 0.319 e. The van der Waals surface area contributed by atoms with Crippen LogP contribution in [0.25, 0.3) is 11.1 Å². The maximum absolute atomic E-state index is 12.8. The fourth-order valence-corrected chi connectivity index (χ4v) is 3.51. The summed E-state index contributed by atoms with van der Waals surface area (Å²) in [6.45, 7) is 3.55. The van der Waals surface area contributed by atoms with E-state index in [-0.39, 0.29) is 24.5 Å². The lowest BCUT2D eigenvalue weighted by molar-refractivity contribution is -0.143. The first-order valence-corrected chi connectivity index (χ1v) is 10.6. The molecule has 0 radical (unpaired) electrons. The van der Waals surface area contributed by atoms with Gasteiger partial charge >= 0.3 is 12.0 Å². The van der Waals surface area contributed by atoms with Crippen molar-refractivity contribution < 1.29 is 19.4 Å². The van der Waals surface area contributed by atoms with Gasteiger partial charge in [0.15, 0.2) is 5.69 Å². The van der Waals surface area contributed by atoms with Gasteiger partial charge in [-0.15, -0.1) is 0 Å². The van der Waals surface area contributed by atoms with Gasteiger partial charge in [-0.1, -0.05) is 48.5 Å². The Morgan fingerprint density at radius 3 is 2.48 bits per heavy atom. The second-order valence-corrected chi connectivity index (χ2v) is 7.60. The van der Waals surface area contributed by atoms with E-state index < -0.39 is 23.6 Å². The second kappa shape index (κ2) is 10.5. The molecule has 1 heterocycles. The van der Waals surface area contributed by atoms with Gasteiger partial charge in [0.2, 0.25) is 0 Å². The highest BCUT2D eigenvalue weighted by atomic mass is 16.5. The van der Waals surface area contributed by atoms with Gasteiger partial charge in [-0.2, -0.15) is 0 Å². The summed E-state index contributed by atoms with van der Waals surface area (Å²) >= 11 is 0. The Morgan fingerprint density at radius 1 is 1.09 bits per heavy atom. The maximum atomic E-state index is 12.8. The van der Waals surface area contributed by atoms with E-state index in [1.807, 2.05) is 48.5 Å². The van der Waals surface area contributed by atoms with Crippen LogP contribution in [0.3, 0.4) is 0 Å². The molecule has 172 valence electrons. The minimum Gasteiger partial charge on any atom is -0.505 e. The summed E-state index contributed by atoms with van der Waals surface area (Å²) in [6.07, 6.45) is 1.37. The van der Waals surface area contributed by atoms with E-state index in [0.29, 0.717) is 11.1 Å². The predicted molar refractivity (Wildman–Crippen MR) is 126 cm³/mol. The Labute approximate surface area is 191 Å². The molecule has 0 saturated carbocycles. The molecular formula is C25H27N3O5. The van der Waals surface area contributed by atoms with Gasteiger partial charge in [-0.3, -0.25) is 9.59 Å². The lowest BCUT2D eigenvalue weighted by Gasteiger charge is -2.20. The Balaban J connectivity index is 1.89. The zero-order chi connectivity index (χ0) is 24.0. The van der Waals surface area contributed by atoms with Crippen molar-refractivity contribution in [1.82, 2.24) is 9.88 Å². The molecule has 3 aromatic rings. The van der Waals surface area contributed by atoms with Gasteiger partial charge in [0, 0.05) is 18.8 Å². The van der Waals surface area contributed by atoms with E-state index in [4.69, 9.17) is 4.74 Å². The number of hydrogen-bond donors (Lipinski definition) is 3. The lowest BCUT2D eigenvalue weighted by atomic mass is 9.98. The van der Waals surface area contributed by atoms with E-state index in [2.05, 4.69) is 10.6 Å². The average Bonchev–Trinajstić information content (AvgIpc) is 2.81. The van der Waals surface area contributed by atoms with E-state index in [9.17, 15) is 19.5 Å². The summed E-state index contributed by atoms with van der Waals surface area (Å²) in [5.41, 5.74) is 2.26. The molecule has 1 unspecified atom stereocenters. The number of rotatable bonds is 7. The van der Waals surface area contributed by atoms with Crippen LogP contribution in [-0.2, 0) is 16.6 Å². The highest BCUT2D eigenvalue weighted by molar-refractivity contribution is 5.91. The highest BCUT2D eigenvalue weighted by Gasteiger charge is 2.22. The van der Waals surface area contributed by atoms with E-state index in [0.717, 1.165) is 11.1 Å². The molecule has 3 rings (SSSR count). The lowest BCUT2D eigenvalue weighted by Crippen LogP contribution is -2.36. The standard InChI is InChI=1S/C25H27N3O5/c1-4-33-21(29)14-20(19-12-8-11-18(13-19)17-9-6-5-7-10-17)26-25(32)27-22-23(30)16(2)15-28(3)24(22)31/h5-13,15,20,30H,4,14H2,1-3H3,(H2,26,27,32). The van der Waals surface area contributed by atoms with Crippen LogP contribution in [0.1, 0.15) is 30.5 Å². The van der Waals surface area contributed by atoms with Crippen molar-refractivity contribution in [2.75, 3.05) is 11.9 Å². The zero-order valence-corrected chi connectivity index (χ0v) is 18.8. The van der Waals surface area contributed by atoms with Crippen LogP contribution in [-0.4, -0.2) is 28.3 Å². The average molecular weight is 450 g/mol. The summed E-state index contributed by atoms with van der Waals surface area (Å²) in [4.78, 5) is 37.4. The van der Waals surface area contributed by atoms with Crippen LogP contribution >= 0.6 is 0 Å². The minimum absolute atomic E-state index is 0.0999. The number of ether oxygens (including phenoxy) is 1. The zero-order valence-electron chi connectivity index (χ0n) is 18.8. The first kappa shape index (κ1) is 23.6. The number of carbonyl (C=O) groups is 2. The largest absolute Gasteiger partial charge is 0.505 e. The van der Waals surface area contributed by atoms with Crippen molar-refractivity contribution in [3.63, 3.8) is 0 Å². The fourth-order valence-electron chi connectivity index (χ4n) is 3.51. The number of nitrogens with zero attached hydrogens (tertiary/aromatic N) is 1. The van der Waals surface area contributed by atoms with Crippen LogP contribution in [0.2, 0.25) is 0 Å². The number of esters is 1. The topological polar surface area (TPSA) is 110 Å². The van der Waals surface area contributed by atoms with Crippen LogP contribution in [0.5, 0.6) is 5.75 Å². The molecule has 3 N–H and O–H groups in total. The van der Waals surface area contributed by atoms with E-state index in [1.165, 1.54) is 17.8 Å². The van der Waals surface area contributed by atoms with Crippen molar-refractivity contribution in [3.8, 4) is 16.9 Å². The number of benzene rings is 2. The molecule has 0 bridgehead atoms. The van der Waals surface area contributed by atoms with Gasteiger partial charge in [0.05, 0.1) is 19.1 Å². The summed E-state index contributed by atoms with van der Waals surface area (Å²) in [6, 6.07) is 15.8. The van der Waals surface area contributed by atoms with Crippen molar-refractivity contribution >= 4 is 17.7 Å². The molecule has 33 heavy (non-hydrogen) atoms.